The zero-order chi connectivity index (χ0) is 52.0. The van der Waals surface area contributed by atoms with E-state index in [-0.39, 0.29) is 18.9 Å². The molecule has 0 aromatic carbocycles. The molecule has 3 aliphatic rings. The molecule has 0 aromatic heterocycles. The predicted molar refractivity (Wildman–Crippen MR) is 263 cm³/mol. The Balaban J connectivity index is 1.57. The summed E-state index contributed by atoms with van der Waals surface area (Å²) in [7, 11) is 0. The summed E-state index contributed by atoms with van der Waals surface area (Å²) in [6.07, 6.45) is 8.61. The fourth-order valence-corrected chi connectivity index (χ4v) is 8.90. The first-order chi connectivity index (χ1) is 34.3. The molecule has 19 nitrogen and oxygen atoms in total. The van der Waals surface area contributed by atoms with Gasteiger partial charge in [0.15, 0.2) is 18.9 Å². The molecule has 17 unspecified atom stereocenters. The van der Waals surface area contributed by atoms with Crippen LogP contribution in [-0.4, -0.2) is 193 Å². The third-order valence-corrected chi connectivity index (χ3v) is 13.4. The molecule has 0 bridgehead atoms. The number of nitrogens with one attached hydrogen (secondary N) is 1. The van der Waals surface area contributed by atoms with E-state index in [1.54, 1.807) is 6.08 Å². The SMILES string of the molecule is CCCCCC/C=C\CCCCCCCC(=O)NC(COC1OC(CO)C(OC2OC(CO)C(OC3OC(CO)C(O)C(O)C3O)C(O)C2O)C(O)C1O)C(O)/C=C/CC/C=C/CCCCCCCCC. The van der Waals surface area contributed by atoms with Gasteiger partial charge in [0, 0.05) is 6.42 Å². The highest BCUT2D eigenvalue weighted by Crippen LogP contribution is 2.33. The highest BCUT2D eigenvalue weighted by Gasteiger charge is 2.53. The van der Waals surface area contributed by atoms with Crippen molar-refractivity contribution in [1.29, 1.82) is 0 Å². The highest BCUT2D eigenvalue weighted by atomic mass is 16.8. The Labute approximate surface area is 421 Å². The second kappa shape index (κ2) is 36.9. The number of carbonyl (C=O) groups excluding carboxylic acids is 1. The van der Waals surface area contributed by atoms with Gasteiger partial charge in [0.25, 0.3) is 0 Å². The van der Waals surface area contributed by atoms with Crippen molar-refractivity contribution in [2.24, 2.45) is 0 Å². The lowest BCUT2D eigenvalue weighted by atomic mass is 9.96. The molecular formula is C52H93NO18. The van der Waals surface area contributed by atoms with Crippen molar-refractivity contribution in [3.63, 3.8) is 0 Å². The standard InChI is InChI=1S/C52H93NO18/c1-3-5-7-9-11-13-15-17-19-21-23-25-27-29-36(57)35(53-40(58)30-28-26-24-22-20-18-16-14-12-10-8-6-4-2)34-66-50-46(64)43(61)48(38(32-55)68-50)71-52-47(65)44(62)49(39(33-56)69-52)70-51-45(63)42(60)41(59)37(31-54)67-51/h14,16,19,21,27,29,35-39,41-52,54-57,59-65H,3-13,15,17-18,20,22-26,28,30-34H2,1-2H3,(H,53,58)/b16-14-,21-19+,29-27+. The molecule has 12 N–H and O–H groups in total. The Hall–Kier alpha value is -1.99. The van der Waals surface area contributed by atoms with Crippen molar-refractivity contribution in [1.82, 2.24) is 5.32 Å². The second-order valence-electron chi connectivity index (χ2n) is 19.3. The van der Waals surface area contributed by atoms with Crippen LogP contribution in [-0.2, 0) is 33.2 Å². The van der Waals surface area contributed by atoms with Crippen LogP contribution in [0.5, 0.6) is 0 Å². The zero-order valence-corrected chi connectivity index (χ0v) is 42.4. The van der Waals surface area contributed by atoms with E-state index in [1.165, 1.54) is 64.2 Å². The number of hydrogen-bond donors (Lipinski definition) is 12. The van der Waals surface area contributed by atoms with Crippen molar-refractivity contribution in [2.45, 2.75) is 259 Å². The van der Waals surface area contributed by atoms with Gasteiger partial charge in [0.05, 0.1) is 38.6 Å². The maximum Gasteiger partial charge on any atom is 0.220 e. The molecular weight excluding hydrogens is 927 g/mol. The molecule has 3 rings (SSSR count). The van der Waals surface area contributed by atoms with Gasteiger partial charge in [-0.05, 0) is 57.8 Å². The minimum Gasteiger partial charge on any atom is -0.394 e. The van der Waals surface area contributed by atoms with Gasteiger partial charge in [-0.1, -0.05) is 127 Å². The van der Waals surface area contributed by atoms with Crippen LogP contribution in [0.1, 0.15) is 155 Å². The van der Waals surface area contributed by atoms with Crippen molar-refractivity contribution in [2.75, 3.05) is 26.4 Å². The maximum atomic E-state index is 13.2. The summed E-state index contributed by atoms with van der Waals surface area (Å²) < 4.78 is 34.1. The first kappa shape index (κ1) is 63.3. The fraction of sp³-hybridized carbons (Fsp3) is 0.865. The summed E-state index contributed by atoms with van der Waals surface area (Å²) in [6.45, 7) is 1.63. The predicted octanol–water partition coefficient (Wildman–Crippen LogP) is 2.59. The smallest absolute Gasteiger partial charge is 0.220 e. The summed E-state index contributed by atoms with van der Waals surface area (Å²) in [5, 5.41) is 120. The van der Waals surface area contributed by atoms with E-state index in [2.05, 4.69) is 43.5 Å². The van der Waals surface area contributed by atoms with Gasteiger partial charge in [0.2, 0.25) is 5.91 Å². The third kappa shape index (κ3) is 22.4. The van der Waals surface area contributed by atoms with E-state index in [9.17, 15) is 61.0 Å². The van der Waals surface area contributed by atoms with Gasteiger partial charge in [-0.3, -0.25) is 4.79 Å². The average molecular weight is 1020 g/mol. The molecule has 71 heavy (non-hydrogen) atoms. The van der Waals surface area contributed by atoms with Gasteiger partial charge in [-0.15, -0.1) is 0 Å². The van der Waals surface area contributed by atoms with Crippen LogP contribution in [0.2, 0.25) is 0 Å². The van der Waals surface area contributed by atoms with Crippen LogP contribution in [0.3, 0.4) is 0 Å². The Kier molecular flexibility index (Phi) is 32.9. The number of aliphatic hydroxyl groups is 11. The minimum absolute atomic E-state index is 0.225. The third-order valence-electron chi connectivity index (χ3n) is 13.4. The topological polar surface area (TPSA) is 307 Å². The molecule has 0 radical (unpaired) electrons. The van der Waals surface area contributed by atoms with E-state index >= 15 is 0 Å². The molecule has 0 spiro atoms. The Bertz CT molecular complexity index is 1450. The summed E-state index contributed by atoms with van der Waals surface area (Å²) >= 11 is 0. The van der Waals surface area contributed by atoms with E-state index in [0.717, 1.165) is 57.8 Å². The quantitative estimate of drug-likeness (QED) is 0.0314. The first-order valence-corrected chi connectivity index (χ1v) is 26.7. The molecule has 19 heteroatoms. The molecule has 3 aliphatic heterocycles. The van der Waals surface area contributed by atoms with Gasteiger partial charge >= 0.3 is 0 Å². The van der Waals surface area contributed by atoms with E-state index in [1.807, 2.05) is 6.08 Å². The van der Waals surface area contributed by atoms with Gasteiger partial charge < -0.3 is 89.9 Å². The van der Waals surface area contributed by atoms with E-state index in [0.29, 0.717) is 12.8 Å². The molecule has 414 valence electrons. The van der Waals surface area contributed by atoms with Crippen molar-refractivity contribution >= 4 is 5.91 Å². The van der Waals surface area contributed by atoms with Crippen molar-refractivity contribution in [3.8, 4) is 0 Å². The largest absolute Gasteiger partial charge is 0.394 e. The van der Waals surface area contributed by atoms with Gasteiger partial charge in [-0.25, -0.2) is 0 Å². The maximum absolute atomic E-state index is 13.2. The molecule has 17 atom stereocenters. The number of unbranched alkanes of at least 4 members (excludes halogenated alkanes) is 17. The first-order valence-electron chi connectivity index (χ1n) is 26.7. The van der Waals surface area contributed by atoms with Crippen LogP contribution in [0, 0.1) is 0 Å². The number of carbonyl (C=O) groups is 1. The normalized spacial score (nSPS) is 32.5. The Morgan fingerprint density at radius 1 is 0.493 bits per heavy atom. The Morgan fingerprint density at radius 2 is 0.901 bits per heavy atom. The number of allylic oxidation sites excluding steroid dienone is 5. The molecule has 0 aliphatic carbocycles. The molecule has 3 heterocycles. The number of aliphatic hydroxyl groups excluding tert-OH is 11. The zero-order valence-electron chi connectivity index (χ0n) is 42.4. The van der Waals surface area contributed by atoms with Crippen LogP contribution in [0.4, 0.5) is 0 Å². The second-order valence-corrected chi connectivity index (χ2v) is 19.3. The Morgan fingerprint density at radius 3 is 1.42 bits per heavy atom. The number of hydrogen-bond acceptors (Lipinski definition) is 18. The van der Waals surface area contributed by atoms with Crippen LogP contribution in [0.25, 0.3) is 0 Å². The van der Waals surface area contributed by atoms with Gasteiger partial charge in [0.1, 0.15) is 73.2 Å². The molecule has 1 amide bonds. The lowest BCUT2D eigenvalue weighted by Gasteiger charge is -2.48. The summed E-state index contributed by atoms with van der Waals surface area (Å²) in [5.74, 6) is -0.299. The number of amides is 1. The van der Waals surface area contributed by atoms with Crippen LogP contribution < -0.4 is 5.32 Å². The van der Waals surface area contributed by atoms with E-state index in [4.69, 9.17) is 28.4 Å². The molecule has 3 fully saturated rings. The lowest BCUT2D eigenvalue weighted by Crippen LogP contribution is -2.66. The summed E-state index contributed by atoms with van der Waals surface area (Å²) in [6, 6.07) is -0.990. The lowest BCUT2D eigenvalue weighted by molar-refractivity contribution is -0.379. The summed E-state index contributed by atoms with van der Waals surface area (Å²) in [5.41, 5.74) is 0. The molecule has 0 saturated carbocycles. The molecule has 0 aromatic rings. The van der Waals surface area contributed by atoms with E-state index < -0.39 is 124 Å². The number of ether oxygens (including phenoxy) is 6. The van der Waals surface area contributed by atoms with Crippen molar-refractivity contribution < 1.29 is 89.4 Å². The monoisotopic (exact) mass is 1020 g/mol. The fourth-order valence-electron chi connectivity index (χ4n) is 8.90. The van der Waals surface area contributed by atoms with Crippen LogP contribution in [0.15, 0.2) is 36.5 Å². The van der Waals surface area contributed by atoms with Crippen molar-refractivity contribution in [3.05, 3.63) is 36.5 Å². The number of rotatable bonds is 37. The minimum atomic E-state index is -1.98. The van der Waals surface area contributed by atoms with Gasteiger partial charge in [-0.2, -0.15) is 0 Å². The highest BCUT2D eigenvalue weighted by molar-refractivity contribution is 5.76. The summed E-state index contributed by atoms with van der Waals surface area (Å²) in [4.78, 5) is 13.2. The average Bonchev–Trinajstić information content (AvgIpc) is 3.36. The molecule has 3 saturated heterocycles. The van der Waals surface area contributed by atoms with Crippen LogP contribution >= 0.6 is 0 Å².